The first kappa shape index (κ1) is 23.2. The van der Waals surface area contributed by atoms with Crippen LogP contribution in [0.1, 0.15) is 25.5 Å². The molecule has 1 aromatic carbocycles. The fraction of sp³-hybridized carbons (Fsp3) is 0.346. The van der Waals surface area contributed by atoms with Crippen molar-refractivity contribution < 1.29 is 9.50 Å². The molecule has 1 aliphatic heterocycles. The van der Waals surface area contributed by atoms with Gasteiger partial charge in [0.25, 0.3) is 0 Å². The van der Waals surface area contributed by atoms with Crippen LogP contribution in [0.3, 0.4) is 0 Å². The molecule has 1 aliphatic rings. The Morgan fingerprint density at radius 1 is 1.17 bits per heavy atom. The summed E-state index contributed by atoms with van der Waals surface area (Å²) in [6, 6.07) is 13.0. The molecule has 3 aromatic heterocycles. The Balaban J connectivity index is 1.39. The number of fused-ring (bicyclic) bond motifs is 1. The lowest BCUT2D eigenvalue weighted by Crippen LogP contribution is -2.44. The fourth-order valence-corrected chi connectivity index (χ4v) is 4.52. The highest BCUT2D eigenvalue weighted by Gasteiger charge is 2.22. The number of benzene rings is 1. The molecule has 0 amide bonds. The van der Waals surface area contributed by atoms with Gasteiger partial charge in [0.1, 0.15) is 17.5 Å². The number of aliphatic hydroxyl groups excluding tert-OH is 1. The average Bonchev–Trinajstić information content (AvgIpc) is 3.38. The number of nitrogens with one attached hydrogen (secondary N) is 2. The number of hydrogen-bond donors (Lipinski definition) is 3. The number of anilines is 3. The number of nitrogens with zero attached hydrogens (tertiary/aromatic N) is 5. The topological polar surface area (TPSA) is 91.1 Å². The number of aliphatic hydroxyl groups is 1. The van der Waals surface area contributed by atoms with E-state index in [0.717, 1.165) is 54.8 Å². The quantitative estimate of drug-likeness (QED) is 0.357. The van der Waals surface area contributed by atoms with Crippen LogP contribution in [0, 0.1) is 5.82 Å². The van der Waals surface area contributed by atoms with Crippen molar-refractivity contribution in [2.45, 2.75) is 32.2 Å². The molecular formula is C26H30FN7O. The van der Waals surface area contributed by atoms with Gasteiger partial charge in [0.05, 0.1) is 29.2 Å². The number of aryl methyl sites for hydroxylation is 1. The van der Waals surface area contributed by atoms with Gasteiger partial charge in [-0.05, 0) is 62.7 Å². The van der Waals surface area contributed by atoms with Gasteiger partial charge in [-0.2, -0.15) is 5.10 Å². The summed E-state index contributed by atoms with van der Waals surface area (Å²) >= 11 is 0. The minimum atomic E-state index is -0.389. The van der Waals surface area contributed by atoms with Crippen LogP contribution in [0.5, 0.6) is 0 Å². The molecule has 4 heterocycles. The highest BCUT2D eigenvalue weighted by Crippen LogP contribution is 2.26. The monoisotopic (exact) mass is 475 g/mol. The normalized spacial score (nSPS) is 14.4. The second-order valence-electron chi connectivity index (χ2n) is 8.72. The second-order valence-corrected chi connectivity index (χ2v) is 8.72. The molecule has 0 unspecified atom stereocenters. The molecule has 1 saturated heterocycles. The number of halogens is 1. The molecule has 9 heteroatoms. The summed E-state index contributed by atoms with van der Waals surface area (Å²) in [5, 5.41) is 21.4. The Morgan fingerprint density at radius 3 is 2.77 bits per heavy atom. The van der Waals surface area contributed by atoms with E-state index in [1.54, 1.807) is 16.9 Å². The summed E-state index contributed by atoms with van der Waals surface area (Å²) in [5.74, 6) is 0.952. The Bertz CT molecular complexity index is 1300. The third-order valence-electron chi connectivity index (χ3n) is 6.43. The van der Waals surface area contributed by atoms with Crippen LogP contribution in [0.15, 0.2) is 54.9 Å². The van der Waals surface area contributed by atoms with Crippen molar-refractivity contribution in [1.29, 1.82) is 0 Å². The van der Waals surface area contributed by atoms with Gasteiger partial charge in [-0.25, -0.2) is 19.0 Å². The highest BCUT2D eigenvalue weighted by atomic mass is 19.1. The van der Waals surface area contributed by atoms with E-state index in [9.17, 15) is 9.50 Å². The van der Waals surface area contributed by atoms with Gasteiger partial charge in [-0.1, -0.05) is 6.92 Å². The molecule has 35 heavy (non-hydrogen) atoms. The maximum atomic E-state index is 14.9. The lowest BCUT2D eigenvalue weighted by atomic mass is 10.0. The van der Waals surface area contributed by atoms with E-state index >= 15 is 0 Å². The van der Waals surface area contributed by atoms with Crippen molar-refractivity contribution in [3.8, 4) is 5.69 Å². The molecule has 0 aliphatic carbocycles. The molecule has 0 spiro atoms. The van der Waals surface area contributed by atoms with Crippen molar-refractivity contribution in [3.63, 3.8) is 0 Å². The standard InChI is InChI=1S/C26H30FN7O/c1-2-19-9-12-34(32-19)21-4-5-23(22(27)15-21)30-25-16-24-18(17-29-25)3-6-26(31-24)33(13-14-35)20-7-10-28-11-8-20/h3-6,9,12,15-17,20,28,35H,2,7-8,10-11,13-14H2,1H3,(H,29,30). The van der Waals surface area contributed by atoms with E-state index in [-0.39, 0.29) is 12.4 Å². The predicted octanol–water partition coefficient (Wildman–Crippen LogP) is 3.81. The molecule has 4 aromatic rings. The molecule has 182 valence electrons. The number of piperidine rings is 1. The van der Waals surface area contributed by atoms with Crippen LogP contribution in [0.2, 0.25) is 0 Å². The Kier molecular flexibility index (Phi) is 6.87. The van der Waals surface area contributed by atoms with Gasteiger partial charge in [0.15, 0.2) is 0 Å². The zero-order valence-corrected chi connectivity index (χ0v) is 19.8. The molecule has 0 bridgehead atoms. The van der Waals surface area contributed by atoms with Gasteiger partial charge < -0.3 is 20.6 Å². The fourth-order valence-electron chi connectivity index (χ4n) is 4.52. The van der Waals surface area contributed by atoms with Crippen molar-refractivity contribution in [1.82, 2.24) is 25.1 Å². The number of rotatable bonds is 8. The molecule has 8 nitrogen and oxygen atoms in total. The van der Waals surface area contributed by atoms with Crippen LogP contribution >= 0.6 is 0 Å². The van der Waals surface area contributed by atoms with Crippen LogP contribution in [-0.2, 0) is 6.42 Å². The van der Waals surface area contributed by atoms with E-state index in [0.29, 0.717) is 29.8 Å². The smallest absolute Gasteiger partial charge is 0.148 e. The van der Waals surface area contributed by atoms with E-state index in [1.807, 2.05) is 43.5 Å². The van der Waals surface area contributed by atoms with E-state index in [1.165, 1.54) is 6.07 Å². The third-order valence-corrected chi connectivity index (χ3v) is 6.43. The number of hydrogen-bond acceptors (Lipinski definition) is 7. The highest BCUT2D eigenvalue weighted by molar-refractivity contribution is 5.82. The predicted molar refractivity (Wildman–Crippen MR) is 136 cm³/mol. The molecule has 0 atom stereocenters. The van der Waals surface area contributed by atoms with Crippen LogP contribution in [-0.4, -0.2) is 57.1 Å². The second kappa shape index (κ2) is 10.4. The Morgan fingerprint density at radius 2 is 2.03 bits per heavy atom. The lowest BCUT2D eigenvalue weighted by molar-refractivity contribution is 0.291. The summed E-state index contributed by atoms with van der Waals surface area (Å²) in [7, 11) is 0. The average molecular weight is 476 g/mol. The molecule has 3 N–H and O–H groups in total. The summed E-state index contributed by atoms with van der Waals surface area (Å²) in [4.78, 5) is 11.5. The molecule has 0 radical (unpaired) electrons. The van der Waals surface area contributed by atoms with Crippen molar-refractivity contribution in [3.05, 3.63) is 66.4 Å². The number of aromatic nitrogens is 4. The molecule has 5 rings (SSSR count). The van der Waals surface area contributed by atoms with Crippen LogP contribution in [0.4, 0.5) is 21.7 Å². The largest absolute Gasteiger partial charge is 0.395 e. The van der Waals surface area contributed by atoms with Crippen LogP contribution < -0.4 is 15.5 Å². The third kappa shape index (κ3) is 5.11. The maximum Gasteiger partial charge on any atom is 0.148 e. The number of pyridine rings is 2. The maximum absolute atomic E-state index is 14.9. The van der Waals surface area contributed by atoms with Crippen molar-refractivity contribution in [2.75, 3.05) is 36.5 Å². The van der Waals surface area contributed by atoms with Crippen LogP contribution in [0.25, 0.3) is 16.6 Å². The summed E-state index contributed by atoms with van der Waals surface area (Å²) in [5.41, 5.74) is 2.71. The van der Waals surface area contributed by atoms with E-state index in [2.05, 4.69) is 25.6 Å². The van der Waals surface area contributed by atoms with Gasteiger partial charge in [0, 0.05) is 42.5 Å². The first-order valence-electron chi connectivity index (χ1n) is 12.1. The zero-order chi connectivity index (χ0) is 24.2. The molecular weight excluding hydrogens is 445 g/mol. The Labute approximate surface area is 203 Å². The minimum absolute atomic E-state index is 0.0698. The zero-order valence-electron chi connectivity index (χ0n) is 19.8. The van der Waals surface area contributed by atoms with E-state index in [4.69, 9.17) is 4.98 Å². The van der Waals surface area contributed by atoms with Gasteiger partial charge in [0.2, 0.25) is 0 Å². The van der Waals surface area contributed by atoms with Gasteiger partial charge in [-0.3, -0.25) is 0 Å². The SMILES string of the molecule is CCc1ccn(-c2ccc(Nc3cc4nc(N(CCO)C5CCNCC5)ccc4cn3)c(F)c2)n1. The van der Waals surface area contributed by atoms with Gasteiger partial charge in [-0.15, -0.1) is 0 Å². The molecule has 1 fully saturated rings. The van der Waals surface area contributed by atoms with Crippen molar-refractivity contribution >= 4 is 28.2 Å². The van der Waals surface area contributed by atoms with Gasteiger partial charge >= 0.3 is 0 Å². The van der Waals surface area contributed by atoms with Crippen molar-refractivity contribution in [2.24, 2.45) is 0 Å². The summed E-state index contributed by atoms with van der Waals surface area (Å²) < 4.78 is 16.6. The summed E-state index contributed by atoms with van der Waals surface area (Å²) in [6.45, 7) is 4.56. The first-order chi connectivity index (χ1) is 17.1. The summed E-state index contributed by atoms with van der Waals surface area (Å²) in [6.07, 6.45) is 6.41. The minimum Gasteiger partial charge on any atom is -0.395 e. The first-order valence-corrected chi connectivity index (χ1v) is 12.1. The van der Waals surface area contributed by atoms with E-state index < -0.39 is 0 Å². The molecule has 0 saturated carbocycles. The lowest BCUT2D eigenvalue weighted by Gasteiger charge is -2.35. The Hall–Kier alpha value is -3.56.